The highest BCUT2D eigenvalue weighted by Gasteiger charge is 2.17. The first-order valence-corrected chi connectivity index (χ1v) is 9.00. The standard InChI is InChI=1S/C15H24N2O3S/c1-4-5-11-17(21(3,19)20)12-10-15(18)16-14-9-7-6-8-13(14)2/h6-9H,4-5,10-12H2,1-3H3,(H,16,18). The molecule has 21 heavy (non-hydrogen) atoms. The molecule has 0 aliphatic rings. The first-order valence-electron chi connectivity index (χ1n) is 7.15. The average Bonchev–Trinajstić information content (AvgIpc) is 2.40. The summed E-state index contributed by atoms with van der Waals surface area (Å²) in [6.07, 6.45) is 3.06. The fourth-order valence-electron chi connectivity index (χ4n) is 1.93. The van der Waals surface area contributed by atoms with Crippen LogP contribution in [0.4, 0.5) is 5.69 Å². The fourth-order valence-corrected chi connectivity index (χ4v) is 2.81. The number of hydrogen-bond acceptors (Lipinski definition) is 3. The highest BCUT2D eigenvalue weighted by atomic mass is 32.2. The molecule has 0 aliphatic heterocycles. The van der Waals surface area contributed by atoms with Crippen LogP contribution < -0.4 is 5.32 Å². The summed E-state index contributed by atoms with van der Waals surface area (Å²) >= 11 is 0. The maximum atomic E-state index is 11.9. The van der Waals surface area contributed by atoms with E-state index < -0.39 is 10.0 Å². The quantitative estimate of drug-likeness (QED) is 0.801. The van der Waals surface area contributed by atoms with Crippen molar-refractivity contribution in [3.63, 3.8) is 0 Å². The lowest BCUT2D eigenvalue weighted by molar-refractivity contribution is -0.116. The number of hydrogen-bond donors (Lipinski definition) is 1. The smallest absolute Gasteiger partial charge is 0.225 e. The Kier molecular flexibility index (Phi) is 6.84. The zero-order valence-corrected chi connectivity index (χ0v) is 13.7. The highest BCUT2D eigenvalue weighted by Crippen LogP contribution is 2.13. The molecule has 0 saturated heterocycles. The first-order chi connectivity index (χ1) is 9.84. The number of carbonyl (C=O) groups excluding carboxylic acids is 1. The Morgan fingerprint density at radius 1 is 1.24 bits per heavy atom. The van der Waals surface area contributed by atoms with Crippen LogP contribution in [-0.2, 0) is 14.8 Å². The Hall–Kier alpha value is -1.40. The second-order valence-electron chi connectivity index (χ2n) is 5.13. The van der Waals surface area contributed by atoms with Gasteiger partial charge in [-0.05, 0) is 25.0 Å². The van der Waals surface area contributed by atoms with Crippen molar-refractivity contribution in [3.05, 3.63) is 29.8 Å². The molecule has 0 aliphatic carbocycles. The topological polar surface area (TPSA) is 66.5 Å². The van der Waals surface area contributed by atoms with E-state index in [0.717, 1.165) is 24.1 Å². The number of nitrogens with zero attached hydrogens (tertiary/aromatic N) is 1. The van der Waals surface area contributed by atoms with E-state index in [9.17, 15) is 13.2 Å². The number of anilines is 1. The maximum absolute atomic E-state index is 11.9. The predicted octanol–water partition coefficient (Wildman–Crippen LogP) is 2.39. The van der Waals surface area contributed by atoms with Crippen LogP contribution in [0, 0.1) is 6.92 Å². The molecule has 0 bridgehead atoms. The summed E-state index contributed by atoms with van der Waals surface area (Å²) in [7, 11) is -3.26. The fraction of sp³-hybridized carbons (Fsp3) is 0.533. The van der Waals surface area contributed by atoms with Gasteiger partial charge < -0.3 is 5.32 Å². The van der Waals surface area contributed by atoms with Gasteiger partial charge >= 0.3 is 0 Å². The number of rotatable bonds is 8. The molecule has 5 nitrogen and oxygen atoms in total. The monoisotopic (exact) mass is 312 g/mol. The normalized spacial score (nSPS) is 11.6. The van der Waals surface area contributed by atoms with E-state index in [1.807, 2.05) is 38.1 Å². The largest absolute Gasteiger partial charge is 0.326 e. The molecule has 0 aromatic heterocycles. The Bertz CT molecular complexity index is 570. The third-order valence-electron chi connectivity index (χ3n) is 3.24. The van der Waals surface area contributed by atoms with Crippen molar-refractivity contribution in [1.29, 1.82) is 0 Å². The van der Waals surface area contributed by atoms with Crippen LogP contribution in [0.15, 0.2) is 24.3 Å². The van der Waals surface area contributed by atoms with Crippen molar-refractivity contribution < 1.29 is 13.2 Å². The molecule has 0 fully saturated rings. The summed E-state index contributed by atoms with van der Waals surface area (Å²) in [6, 6.07) is 7.51. The van der Waals surface area contributed by atoms with Gasteiger partial charge in [-0.1, -0.05) is 31.5 Å². The zero-order valence-electron chi connectivity index (χ0n) is 12.9. The Balaban J connectivity index is 2.56. The lowest BCUT2D eigenvalue weighted by Crippen LogP contribution is -2.33. The molecule has 118 valence electrons. The molecule has 0 atom stereocenters. The van der Waals surface area contributed by atoms with Crippen molar-refractivity contribution in [2.45, 2.75) is 33.1 Å². The van der Waals surface area contributed by atoms with Crippen LogP contribution in [-0.4, -0.2) is 38.0 Å². The van der Waals surface area contributed by atoms with Gasteiger partial charge in [-0.3, -0.25) is 4.79 Å². The third kappa shape index (κ3) is 6.27. The van der Waals surface area contributed by atoms with Crippen molar-refractivity contribution in [3.8, 4) is 0 Å². The van der Waals surface area contributed by atoms with Crippen LogP contribution in [0.2, 0.25) is 0 Å². The van der Waals surface area contributed by atoms with Gasteiger partial charge in [-0.2, -0.15) is 0 Å². The van der Waals surface area contributed by atoms with Gasteiger partial charge in [-0.15, -0.1) is 0 Å². The molecule has 1 N–H and O–H groups in total. The minimum atomic E-state index is -3.26. The third-order valence-corrected chi connectivity index (χ3v) is 4.54. The molecule has 1 aromatic rings. The molecule has 1 amide bonds. The van der Waals surface area contributed by atoms with Gasteiger partial charge in [-0.25, -0.2) is 12.7 Å². The summed E-state index contributed by atoms with van der Waals surface area (Å²) in [5, 5.41) is 2.81. The summed E-state index contributed by atoms with van der Waals surface area (Å²) in [6.45, 7) is 4.61. The number of unbranched alkanes of at least 4 members (excludes halogenated alkanes) is 1. The molecular weight excluding hydrogens is 288 g/mol. The zero-order chi connectivity index (χ0) is 15.9. The van der Waals surface area contributed by atoms with E-state index in [1.54, 1.807) is 0 Å². The van der Waals surface area contributed by atoms with Crippen molar-refractivity contribution in [2.24, 2.45) is 0 Å². The summed E-state index contributed by atoms with van der Waals surface area (Å²) in [5.74, 6) is -0.172. The van der Waals surface area contributed by atoms with Gasteiger partial charge in [0.1, 0.15) is 0 Å². The number of benzene rings is 1. The Morgan fingerprint density at radius 3 is 2.48 bits per heavy atom. The number of sulfonamides is 1. The van der Waals surface area contributed by atoms with Crippen LogP contribution >= 0.6 is 0 Å². The van der Waals surface area contributed by atoms with Crippen molar-refractivity contribution in [2.75, 3.05) is 24.7 Å². The summed E-state index contributed by atoms with van der Waals surface area (Å²) in [5.41, 5.74) is 1.75. The van der Waals surface area contributed by atoms with Crippen LogP contribution in [0.3, 0.4) is 0 Å². The van der Waals surface area contributed by atoms with Crippen molar-refractivity contribution >= 4 is 21.6 Å². The van der Waals surface area contributed by atoms with Gasteiger partial charge in [0, 0.05) is 25.2 Å². The highest BCUT2D eigenvalue weighted by molar-refractivity contribution is 7.88. The van der Waals surface area contributed by atoms with Gasteiger partial charge in [0.2, 0.25) is 15.9 Å². The van der Waals surface area contributed by atoms with Gasteiger partial charge in [0.15, 0.2) is 0 Å². The van der Waals surface area contributed by atoms with Gasteiger partial charge in [0.25, 0.3) is 0 Å². The van der Waals surface area contributed by atoms with Crippen LogP contribution in [0.1, 0.15) is 31.7 Å². The Labute approximate surface area is 127 Å². The molecule has 0 unspecified atom stereocenters. The number of nitrogens with one attached hydrogen (secondary N) is 1. The molecule has 0 spiro atoms. The SMILES string of the molecule is CCCCN(CCC(=O)Nc1ccccc1C)S(C)(=O)=O. The van der Waals surface area contributed by atoms with E-state index in [2.05, 4.69) is 5.32 Å². The molecule has 0 saturated carbocycles. The molecule has 6 heteroatoms. The Morgan fingerprint density at radius 2 is 1.90 bits per heavy atom. The number of aryl methyl sites for hydroxylation is 1. The number of carbonyl (C=O) groups is 1. The first kappa shape index (κ1) is 17.7. The minimum absolute atomic E-state index is 0.158. The van der Waals surface area contributed by atoms with E-state index in [-0.39, 0.29) is 18.9 Å². The molecule has 0 heterocycles. The number of amides is 1. The van der Waals surface area contributed by atoms with E-state index >= 15 is 0 Å². The number of para-hydroxylation sites is 1. The van der Waals surface area contributed by atoms with Crippen LogP contribution in [0.5, 0.6) is 0 Å². The maximum Gasteiger partial charge on any atom is 0.225 e. The van der Waals surface area contributed by atoms with Gasteiger partial charge in [0.05, 0.1) is 6.26 Å². The summed E-state index contributed by atoms with van der Waals surface area (Å²) < 4.78 is 24.7. The van der Waals surface area contributed by atoms with E-state index in [0.29, 0.717) is 6.54 Å². The molecule has 1 aromatic carbocycles. The van der Waals surface area contributed by atoms with Crippen LogP contribution in [0.25, 0.3) is 0 Å². The molecule has 0 radical (unpaired) electrons. The van der Waals surface area contributed by atoms with Crippen molar-refractivity contribution in [1.82, 2.24) is 4.31 Å². The second-order valence-corrected chi connectivity index (χ2v) is 7.11. The van der Waals surface area contributed by atoms with E-state index in [1.165, 1.54) is 10.6 Å². The summed E-state index contributed by atoms with van der Waals surface area (Å²) in [4.78, 5) is 11.9. The second kappa shape index (κ2) is 8.14. The average molecular weight is 312 g/mol. The predicted molar refractivity (Wildman–Crippen MR) is 85.8 cm³/mol. The lowest BCUT2D eigenvalue weighted by Gasteiger charge is -2.19. The molecule has 1 rings (SSSR count). The minimum Gasteiger partial charge on any atom is -0.326 e. The van der Waals surface area contributed by atoms with E-state index in [4.69, 9.17) is 0 Å². The lowest BCUT2D eigenvalue weighted by atomic mass is 10.2. The molecular formula is C15H24N2O3S.